The van der Waals surface area contributed by atoms with E-state index in [0.29, 0.717) is 18.1 Å². The van der Waals surface area contributed by atoms with E-state index >= 15 is 0 Å². The van der Waals surface area contributed by atoms with Gasteiger partial charge >= 0.3 is 0 Å². The minimum absolute atomic E-state index is 0. The Morgan fingerprint density at radius 2 is 1.88 bits per heavy atom. The van der Waals surface area contributed by atoms with Crippen molar-refractivity contribution in [3.8, 4) is 5.75 Å². The van der Waals surface area contributed by atoms with Crippen molar-refractivity contribution in [1.29, 1.82) is 0 Å². The Balaban J connectivity index is 0.00000312. The van der Waals surface area contributed by atoms with Crippen LogP contribution in [0.1, 0.15) is 15.9 Å². The van der Waals surface area contributed by atoms with Gasteiger partial charge in [-0.1, -0.05) is 18.2 Å². The number of hydrogen-bond donors (Lipinski definition) is 2. The quantitative estimate of drug-likeness (QED) is 0.414. The first kappa shape index (κ1) is 20.8. The lowest BCUT2D eigenvalue weighted by Gasteiger charge is -2.10. The van der Waals surface area contributed by atoms with Crippen LogP contribution in [0.5, 0.6) is 5.75 Å². The van der Waals surface area contributed by atoms with Crippen molar-refractivity contribution in [2.45, 2.75) is 6.54 Å². The lowest BCUT2D eigenvalue weighted by Crippen LogP contribution is -2.22. The highest BCUT2D eigenvalue weighted by molar-refractivity contribution is 14.0. The van der Waals surface area contributed by atoms with Crippen LogP contribution in [0.4, 0.5) is 5.69 Å². The molecular formula is C18H23IN4O2. The van der Waals surface area contributed by atoms with Crippen molar-refractivity contribution in [1.82, 2.24) is 4.90 Å². The molecule has 0 spiro atoms. The van der Waals surface area contributed by atoms with Crippen LogP contribution >= 0.6 is 24.0 Å². The molecule has 0 unspecified atom stereocenters. The van der Waals surface area contributed by atoms with E-state index in [-0.39, 0.29) is 29.9 Å². The molecule has 0 radical (unpaired) electrons. The summed E-state index contributed by atoms with van der Waals surface area (Å²) in [6, 6.07) is 14.8. The Bertz CT molecular complexity index is 730. The number of guanidine groups is 1. The van der Waals surface area contributed by atoms with Gasteiger partial charge in [0.2, 0.25) is 0 Å². The molecule has 0 fully saturated rings. The molecule has 0 aliphatic rings. The summed E-state index contributed by atoms with van der Waals surface area (Å²) in [4.78, 5) is 17.7. The van der Waals surface area contributed by atoms with Crippen molar-refractivity contribution in [2.24, 2.45) is 10.7 Å². The maximum atomic E-state index is 11.8. The average Bonchev–Trinajstić information content (AvgIpc) is 2.60. The molecule has 0 aliphatic heterocycles. The highest BCUT2D eigenvalue weighted by Gasteiger charge is 2.06. The molecule has 25 heavy (non-hydrogen) atoms. The maximum absolute atomic E-state index is 11.8. The minimum atomic E-state index is -0.0238. The number of methoxy groups -OCH3 is 1. The monoisotopic (exact) mass is 454 g/mol. The van der Waals surface area contributed by atoms with E-state index in [0.717, 1.165) is 17.0 Å². The molecule has 2 rings (SSSR count). The molecule has 2 aromatic rings. The minimum Gasteiger partial charge on any atom is -0.497 e. The van der Waals surface area contributed by atoms with Crippen LogP contribution in [0.2, 0.25) is 0 Å². The predicted octanol–water partition coefficient (Wildman–Crippen LogP) is 2.94. The number of hydrogen-bond acceptors (Lipinski definition) is 3. The van der Waals surface area contributed by atoms with Gasteiger partial charge in [0.15, 0.2) is 5.96 Å². The number of amides is 1. The fourth-order valence-electron chi connectivity index (χ4n) is 2.08. The third-order valence-electron chi connectivity index (χ3n) is 3.38. The van der Waals surface area contributed by atoms with Gasteiger partial charge in [-0.3, -0.25) is 4.79 Å². The number of ether oxygens (including phenoxy) is 1. The van der Waals surface area contributed by atoms with Gasteiger partial charge in [0, 0.05) is 31.4 Å². The number of nitrogens with zero attached hydrogens (tertiary/aromatic N) is 2. The molecular weight excluding hydrogens is 431 g/mol. The first-order valence-corrected chi connectivity index (χ1v) is 7.51. The molecule has 134 valence electrons. The molecule has 0 bridgehead atoms. The van der Waals surface area contributed by atoms with Gasteiger partial charge in [-0.05, 0) is 29.8 Å². The van der Waals surface area contributed by atoms with E-state index < -0.39 is 0 Å². The van der Waals surface area contributed by atoms with Gasteiger partial charge in [-0.2, -0.15) is 0 Å². The second kappa shape index (κ2) is 9.87. The first-order valence-electron chi connectivity index (χ1n) is 7.51. The number of anilines is 1. The molecule has 3 N–H and O–H groups in total. The molecule has 1 amide bonds. The zero-order valence-electron chi connectivity index (χ0n) is 14.5. The summed E-state index contributed by atoms with van der Waals surface area (Å²) in [5, 5.41) is 3.02. The zero-order chi connectivity index (χ0) is 17.5. The van der Waals surface area contributed by atoms with Gasteiger partial charge in [-0.15, -0.1) is 24.0 Å². The highest BCUT2D eigenvalue weighted by Crippen LogP contribution is 2.16. The summed E-state index contributed by atoms with van der Waals surface area (Å²) in [6.07, 6.45) is 0. The van der Waals surface area contributed by atoms with Crippen molar-refractivity contribution in [2.75, 3.05) is 26.5 Å². The molecule has 0 saturated heterocycles. The lowest BCUT2D eigenvalue weighted by molar-refractivity contribution is 0.0827. The summed E-state index contributed by atoms with van der Waals surface area (Å²) in [7, 11) is 5.07. The Kier molecular flexibility index (Phi) is 8.20. The first-order chi connectivity index (χ1) is 11.5. The SMILES string of the molecule is COc1cccc(NC(N)=NCc2ccc(C(=O)N(C)C)cc2)c1.I. The van der Waals surface area contributed by atoms with Gasteiger partial charge in [0.25, 0.3) is 5.91 Å². The molecule has 0 heterocycles. The fourth-order valence-corrected chi connectivity index (χ4v) is 2.08. The van der Waals surface area contributed by atoms with Crippen LogP contribution < -0.4 is 15.8 Å². The topological polar surface area (TPSA) is 80.0 Å². The Morgan fingerprint density at radius 3 is 2.48 bits per heavy atom. The average molecular weight is 454 g/mol. The van der Waals surface area contributed by atoms with E-state index in [4.69, 9.17) is 10.5 Å². The van der Waals surface area contributed by atoms with Crippen LogP contribution in [0, 0.1) is 0 Å². The number of aliphatic imine (C=N–C) groups is 1. The van der Waals surface area contributed by atoms with E-state index in [1.807, 2.05) is 36.4 Å². The van der Waals surface area contributed by atoms with Crippen molar-refractivity contribution in [3.63, 3.8) is 0 Å². The van der Waals surface area contributed by atoms with Crippen molar-refractivity contribution >= 4 is 41.5 Å². The molecule has 0 aromatic heterocycles. The number of carbonyl (C=O) groups excluding carboxylic acids is 1. The predicted molar refractivity (Wildman–Crippen MR) is 112 cm³/mol. The van der Waals surface area contributed by atoms with Crippen LogP contribution in [0.3, 0.4) is 0 Å². The van der Waals surface area contributed by atoms with Crippen molar-refractivity contribution in [3.05, 3.63) is 59.7 Å². The second-order valence-corrected chi connectivity index (χ2v) is 5.45. The van der Waals surface area contributed by atoms with Crippen LogP contribution in [0.15, 0.2) is 53.5 Å². The summed E-state index contributed by atoms with van der Waals surface area (Å²) < 4.78 is 5.16. The van der Waals surface area contributed by atoms with Crippen LogP contribution in [-0.4, -0.2) is 38.0 Å². The van der Waals surface area contributed by atoms with Crippen LogP contribution in [-0.2, 0) is 6.54 Å². The zero-order valence-corrected chi connectivity index (χ0v) is 16.9. The molecule has 7 heteroatoms. The number of halogens is 1. The lowest BCUT2D eigenvalue weighted by atomic mass is 10.1. The Labute approximate surface area is 165 Å². The summed E-state index contributed by atoms with van der Waals surface area (Å²) >= 11 is 0. The van der Waals surface area contributed by atoms with E-state index in [1.165, 1.54) is 0 Å². The third kappa shape index (κ3) is 6.26. The smallest absolute Gasteiger partial charge is 0.253 e. The number of carbonyl (C=O) groups is 1. The maximum Gasteiger partial charge on any atom is 0.253 e. The largest absolute Gasteiger partial charge is 0.497 e. The number of nitrogens with two attached hydrogens (primary N) is 1. The number of benzene rings is 2. The molecule has 6 nitrogen and oxygen atoms in total. The summed E-state index contributed by atoms with van der Waals surface area (Å²) in [5.41, 5.74) is 8.33. The van der Waals surface area contributed by atoms with Gasteiger partial charge in [0.1, 0.15) is 5.75 Å². The molecule has 2 aromatic carbocycles. The van der Waals surface area contributed by atoms with E-state index in [9.17, 15) is 4.79 Å². The summed E-state index contributed by atoms with van der Waals surface area (Å²) in [6.45, 7) is 0.430. The van der Waals surface area contributed by atoms with Gasteiger partial charge in [0.05, 0.1) is 13.7 Å². The van der Waals surface area contributed by atoms with Gasteiger partial charge < -0.3 is 20.7 Å². The van der Waals surface area contributed by atoms with E-state index in [1.54, 1.807) is 38.2 Å². The molecule has 0 atom stereocenters. The van der Waals surface area contributed by atoms with Gasteiger partial charge in [-0.25, -0.2) is 4.99 Å². The Hall–Kier alpha value is -2.29. The molecule has 0 aliphatic carbocycles. The van der Waals surface area contributed by atoms with Crippen LogP contribution in [0.25, 0.3) is 0 Å². The fraction of sp³-hybridized carbons (Fsp3) is 0.222. The molecule has 0 saturated carbocycles. The number of nitrogens with one attached hydrogen (secondary N) is 1. The Morgan fingerprint density at radius 1 is 1.20 bits per heavy atom. The highest BCUT2D eigenvalue weighted by atomic mass is 127. The number of rotatable bonds is 5. The van der Waals surface area contributed by atoms with E-state index in [2.05, 4.69) is 10.3 Å². The van der Waals surface area contributed by atoms with Crippen molar-refractivity contribution < 1.29 is 9.53 Å². The standard InChI is InChI=1S/C18H22N4O2.HI/c1-22(2)17(23)14-9-7-13(8-10-14)12-20-18(19)21-15-5-4-6-16(11-15)24-3;/h4-11H,12H2,1-3H3,(H3,19,20,21);1H. The second-order valence-electron chi connectivity index (χ2n) is 5.45. The third-order valence-corrected chi connectivity index (χ3v) is 3.38. The summed E-state index contributed by atoms with van der Waals surface area (Å²) in [5.74, 6) is 1.04. The normalized spacial score (nSPS) is 10.6.